The van der Waals surface area contributed by atoms with Crippen molar-refractivity contribution >= 4 is 34.7 Å². The predicted octanol–water partition coefficient (Wildman–Crippen LogP) is 4.96. The van der Waals surface area contributed by atoms with E-state index in [4.69, 9.17) is 9.47 Å². The van der Waals surface area contributed by atoms with Crippen molar-refractivity contribution in [3.05, 3.63) is 81.5 Å². The van der Waals surface area contributed by atoms with Gasteiger partial charge < -0.3 is 14.8 Å². The van der Waals surface area contributed by atoms with Gasteiger partial charge in [0, 0.05) is 16.8 Å². The Morgan fingerprint density at radius 3 is 2.53 bits per heavy atom. The quantitative estimate of drug-likeness (QED) is 0.409. The average Bonchev–Trinajstić information content (AvgIpc) is 3.28. The van der Waals surface area contributed by atoms with E-state index in [1.165, 1.54) is 18.3 Å². The second-order valence-corrected chi connectivity index (χ2v) is 7.35. The van der Waals surface area contributed by atoms with Gasteiger partial charge in [-0.1, -0.05) is 12.1 Å². The Hall–Kier alpha value is -3.45. The van der Waals surface area contributed by atoms with Crippen LogP contribution in [0.3, 0.4) is 0 Å². The number of amides is 1. The van der Waals surface area contributed by atoms with Crippen molar-refractivity contribution in [2.24, 2.45) is 0 Å². The Morgan fingerprint density at radius 1 is 1.00 bits per heavy atom. The van der Waals surface area contributed by atoms with E-state index in [2.05, 4.69) is 5.32 Å². The molecule has 1 aromatic heterocycles. The summed E-state index contributed by atoms with van der Waals surface area (Å²) in [6, 6.07) is 15.1. The highest BCUT2D eigenvalue weighted by Crippen LogP contribution is 2.23. The van der Waals surface area contributed by atoms with Crippen molar-refractivity contribution < 1.29 is 23.9 Å². The standard InChI is InChI=1S/C23H21NO5S/c1-3-28-20-10-9-16(15(2)25)12-18(20)14-29-23(27)17-6-4-7-19(13-17)24-22(26)21-8-5-11-30-21/h4-13H,3,14H2,1-2H3,(H,24,26). The van der Waals surface area contributed by atoms with Crippen molar-refractivity contribution in [2.45, 2.75) is 20.5 Å². The Labute approximate surface area is 178 Å². The maximum absolute atomic E-state index is 12.5. The van der Waals surface area contributed by atoms with Gasteiger partial charge in [-0.3, -0.25) is 9.59 Å². The zero-order chi connectivity index (χ0) is 21.5. The number of carbonyl (C=O) groups excluding carboxylic acids is 3. The van der Waals surface area contributed by atoms with Crippen LogP contribution < -0.4 is 10.1 Å². The smallest absolute Gasteiger partial charge is 0.338 e. The third-order valence-corrected chi connectivity index (χ3v) is 5.10. The van der Waals surface area contributed by atoms with Crippen LogP contribution in [0.4, 0.5) is 5.69 Å². The summed E-state index contributed by atoms with van der Waals surface area (Å²) in [5.41, 5.74) is 1.93. The van der Waals surface area contributed by atoms with Gasteiger partial charge in [-0.15, -0.1) is 11.3 Å². The molecule has 7 heteroatoms. The molecule has 0 atom stereocenters. The summed E-state index contributed by atoms with van der Waals surface area (Å²) in [5.74, 6) is -0.303. The summed E-state index contributed by atoms with van der Waals surface area (Å²) < 4.78 is 11.0. The van der Waals surface area contributed by atoms with E-state index in [-0.39, 0.29) is 18.3 Å². The number of nitrogens with one attached hydrogen (secondary N) is 1. The number of thiophene rings is 1. The van der Waals surface area contributed by atoms with Gasteiger partial charge in [0.1, 0.15) is 12.4 Å². The molecule has 0 aliphatic carbocycles. The van der Waals surface area contributed by atoms with Gasteiger partial charge >= 0.3 is 5.97 Å². The monoisotopic (exact) mass is 423 g/mol. The van der Waals surface area contributed by atoms with Gasteiger partial charge in [0.05, 0.1) is 17.0 Å². The third kappa shape index (κ3) is 5.33. The van der Waals surface area contributed by atoms with Crippen molar-refractivity contribution in [2.75, 3.05) is 11.9 Å². The number of hydrogen-bond donors (Lipinski definition) is 1. The van der Waals surface area contributed by atoms with E-state index in [9.17, 15) is 14.4 Å². The maximum atomic E-state index is 12.5. The number of rotatable bonds is 8. The lowest BCUT2D eigenvalue weighted by Crippen LogP contribution is -2.11. The zero-order valence-corrected chi connectivity index (χ0v) is 17.5. The molecule has 1 N–H and O–H groups in total. The molecule has 0 fully saturated rings. The van der Waals surface area contributed by atoms with Crippen LogP contribution in [-0.2, 0) is 11.3 Å². The van der Waals surface area contributed by atoms with E-state index in [1.807, 2.05) is 12.3 Å². The molecule has 6 nitrogen and oxygen atoms in total. The molecule has 0 aliphatic rings. The molecule has 0 radical (unpaired) electrons. The molecule has 2 aromatic carbocycles. The van der Waals surface area contributed by atoms with Crippen LogP contribution in [0, 0.1) is 0 Å². The summed E-state index contributed by atoms with van der Waals surface area (Å²) in [5, 5.41) is 4.59. The first-order valence-corrected chi connectivity index (χ1v) is 10.2. The van der Waals surface area contributed by atoms with E-state index >= 15 is 0 Å². The number of ether oxygens (including phenoxy) is 2. The molecule has 3 rings (SSSR count). The fourth-order valence-corrected chi connectivity index (χ4v) is 3.38. The summed E-state index contributed by atoms with van der Waals surface area (Å²) in [6.07, 6.45) is 0. The Kier molecular flexibility index (Phi) is 6.98. The first kappa shape index (κ1) is 21.3. The molecular formula is C23H21NO5S. The molecule has 1 amide bonds. The van der Waals surface area contributed by atoms with E-state index in [1.54, 1.807) is 54.6 Å². The largest absolute Gasteiger partial charge is 0.493 e. The van der Waals surface area contributed by atoms with Crippen LogP contribution in [0.5, 0.6) is 5.75 Å². The summed E-state index contributed by atoms with van der Waals surface area (Å²) >= 11 is 1.34. The second-order valence-electron chi connectivity index (χ2n) is 6.40. The highest BCUT2D eigenvalue weighted by molar-refractivity contribution is 7.12. The van der Waals surface area contributed by atoms with Crippen LogP contribution in [-0.4, -0.2) is 24.3 Å². The highest BCUT2D eigenvalue weighted by atomic mass is 32.1. The van der Waals surface area contributed by atoms with E-state index in [0.717, 1.165) is 0 Å². The molecule has 0 saturated heterocycles. The molecule has 0 aliphatic heterocycles. The predicted molar refractivity (Wildman–Crippen MR) is 115 cm³/mol. The topological polar surface area (TPSA) is 81.7 Å². The van der Waals surface area contributed by atoms with Gasteiger partial charge in [-0.25, -0.2) is 4.79 Å². The van der Waals surface area contributed by atoms with E-state index < -0.39 is 5.97 Å². The zero-order valence-electron chi connectivity index (χ0n) is 16.6. The van der Waals surface area contributed by atoms with Gasteiger partial charge in [0.2, 0.25) is 0 Å². The lowest BCUT2D eigenvalue weighted by molar-refractivity contribution is 0.0469. The van der Waals surface area contributed by atoms with Crippen LogP contribution in [0.1, 0.15) is 49.8 Å². The molecule has 0 bridgehead atoms. The minimum Gasteiger partial charge on any atom is -0.493 e. The van der Waals surface area contributed by atoms with Crippen molar-refractivity contribution in [1.82, 2.24) is 0 Å². The molecule has 0 spiro atoms. The van der Waals surface area contributed by atoms with Crippen molar-refractivity contribution in [1.29, 1.82) is 0 Å². The van der Waals surface area contributed by atoms with Gasteiger partial charge in [0.15, 0.2) is 5.78 Å². The lowest BCUT2D eigenvalue weighted by Gasteiger charge is -2.12. The van der Waals surface area contributed by atoms with E-state index in [0.29, 0.717) is 39.6 Å². The minimum atomic E-state index is -0.544. The van der Waals surface area contributed by atoms with Gasteiger partial charge in [-0.2, -0.15) is 0 Å². The molecule has 0 unspecified atom stereocenters. The summed E-state index contributed by atoms with van der Waals surface area (Å²) in [4.78, 5) is 37.0. The summed E-state index contributed by atoms with van der Waals surface area (Å²) in [6.45, 7) is 3.74. The minimum absolute atomic E-state index is 0.0406. The van der Waals surface area contributed by atoms with Crippen molar-refractivity contribution in [3.63, 3.8) is 0 Å². The summed E-state index contributed by atoms with van der Waals surface area (Å²) in [7, 11) is 0. The average molecular weight is 423 g/mol. The number of hydrogen-bond acceptors (Lipinski definition) is 6. The number of ketones is 1. The van der Waals surface area contributed by atoms with Crippen LogP contribution >= 0.6 is 11.3 Å². The van der Waals surface area contributed by atoms with Crippen LogP contribution in [0.15, 0.2) is 60.0 Å². The lowest BCUT2D eigenvalue weighted by atomic mass is 10.1. The molecule has 1 heterocycles. The molecule has 30 heavy (non-hydrogen) atoms. The van der Waals surface area contributed by atoms with Crippen LogP contribution in [0.25, 0.3) is 0 Å². The number of anilines is 1. The fraction of sp³-hybridized carbons (Fsp3) is 0.174. The first-order valence-electron chi connectivity index (χ1n) is 9.36. The molecule has 3 aromatic rings. The second kappa shape index (κ2) is 9.84. The molecular weight excluding hydrogens is 402 g/mol. The van der Waals surface area contributed by atoms with Gasteiger partial charge in [0.25, 0.3) is 5.91 Å². The SMILES string of the molecule is CCOc1ccc(C(C)=O)cc1COC(=O)c1cccc(NC(=O)c2cccs2)c1. The number of benzene rings is 2. The Balaban J connectivity index is 1.70. The maximum Gasteiger partial charge on any atom is 0.338 e. The number of Topliss-reactive ketones (excluding diaryl/α,β-unsaturated/α-hetero) is 1. The third-order valence-electron chi connectivity index (χ3n) is 4.23. The number of esters is 1. The first-order chi connectivity index (χ1) is 14.5. The Bertz CT molecular complexity index is 1060. The van der Waals surface area contributed by atoms with Crippen molar-refractivity contribution in [3.8, 4) is 5.75 Å². The Morgan fingerprint density at radius 2 is 1.83 bits per heavy atom. The molecule has 0 saturated carbocycles. The molecule has 154 valence electrons. The fourth-order valence-electron chi connectivity index (χ4n) is 2.76. The normalized spacial score (nSPS) is 10.3. The van der Waals surface area contributed by atoms with Crippen LogP contribution in [0.2, 0.25) is 0 Å². The number of carbonyl (C=O) groups is 3. The van der Waals surface area contributed by atoms with Gasteiger partial charge in [-0.05, 0) is 61.7 Å². The highest BCUT2D eigenvalue weighted by Gasteiger charge is 2.14.